The lowest BCUT2D eigenvalue weighted by Gasteiger charge is -2.37. The SMILES string of the molecule is C[C@@H]1CN(c2nc(=O)n3c4c(c(Cl)c(C(F)(F)F)cc24)SC[C@@H](c2cccnc2)C3)C[C@H](C)N1. The highest BCUT2D eigenvalue weighted by atomic mass is 35.5. The van der Waals surface area contributed by atoms with Gasteiger partial charge in [-0.25, -0.2) is 4.79 Å². The van der Waals surface area contributed by atoms with E-state index in [4.69, 9.17) is 11.6 Å². The smallest absolute Gasteiger partial charge is 0.353 e. The number of nitrogens with one attached hydrogen (secondary N) is 1. The predicted molar refractivity (Wildman–Crippen MR) is 128 cm³/mol. The first-order valence-electron chi connectivity index (χ1n) is 11.0. The Morgan fingerprint density at radius 2 is 1.94 bits per heavy atom. The van der Waals surface area contributed by atoms with Crippen molar-refractivity contribution in [3.8, 4) is 0 Å². The van der Waals surface area contributed by atoms with Crippen molar-refractivity contribution < 1.29 is 13.2 Å². The molecule has 5 rings (SSSR count). The van der Waals surface area contributed by atoms with Gasteiger partial charge in [0.05, 0.1) is 21.0 Å². The molecule has 0 saturated carbocycles. The number of aromatic nitrogens is 3. The molecule has 4 heterocycles. The molecule has 2 aliphatic rings. The highest BCUT2D eigenvalue weighted by molar-refractivity contribution is 7.99. The third-order valence-electron chi connectivity index (χ3n) is 6.29. The summed E-state index contributed by atoms with van der Waals surface area (Å²) in [5.74, 6) is 0.601. The Balaban J connectivity index is 1.76. The second-order valence-corrected chi connectivity index (χ2v) is 10.4. The molecule has 34 heavy (non-hydrogen) atoms. The van der Waals surface area contributed by atoms with Gasteiger partial charge in [0.2, 0.25) is 0 Å². The van der Waals surface area contributed by atoms with Crippen molar-refractivity contribution in [2.24, 2.45) is 0 Å². The van der Waals surface area contributed by atoms with E-state index in [-0.39, 0.29) is 40.3 Å². The molecular formula is C23H23ClF3N5OS. The Morgan fingerprint density at radius 3 is 2.59 bits per heavy atom. The molecule has 0 radical (unpaired) electrons. The van der Waals surface area contributed by atoms with Crippen molar-refractivity contribution in [1.29, 1.82) is 0 Å². The number of thioether (sulfide) groups is 1. The summed E-state index contributed by atoms with van der Waals surface area (Å²) in [6, 6.07) is 4.96. The fourth-order valence-electron chi connectivity index (χ4n) is 4.89. The molecule has 3 atom stereocenters. The minimum atomic E-state index is -4.64. The third kappa shape index (κ3) is 4.16. The molecular weight excluding hydrogens is 487 g/mol. The number of piperazine rings is 1. The molecule has 1 saturated heterocycles. The number of anilines is 1. The molecule has 0 aliphatic carbocycles. The van der Waals surface area contributed by atoms with Gasteiger partial charge < -0.3 is 10.2 Å². The summed E-state index contributed by atoms with van der Waals surface area (Å²) >= 11 is 7.62. The van der Waals surface area contributed by atoms with E-state index in [1.807, 2.05) is 24.8 Å². The maximum absolute atomic E-state index is 14.0. The Hall–Kier alpha value is -2.30. The lowest BCUT2D eigenvalue weighted by Crippen LogP contribution is -2.55. The molecule has 2 aromatic heterocycles. The van der Waals surface area contributed by atoms with Crippen LogP contribution in [0.4, 0.5) is 19.0 Å². The second-order valence-electron chi connectivity index (χ2n) is 8.96. The number of hydrogen-bond acceptors (Lipinski definition) is 6. The predicted octanol–water partition coefficient (Wildman–Crippen LogP) is 4.54. The number of rotatable bonds is 2. The molecule has 1 N–H and O–H groups in total. The van der Waals surface area contributed by atoms with E-state index in [2.05, 4.69) is 15.3 Å². The van der Waals surface area contributed by atoms with Crippen LogP contribution in [0.5, 0.6) is 0 Å². The number of hydrogen-bond donors (Lipinski definition) is 1. The molecule has 3 aromatic rings. The quantitative estimate of drug-likeness (QED) is 0.547. The molecule has 0 spiro atoms. The molecule has 1 aromatic carbocycles. The Bertz CT molecular complexity index is 1290. The first kappa shape index (κ1) is 23.4. The van der Waals surface area contributed by atoms with Crippen LogP contribution < -0.4 is 15.9 Å². The summed E-state index contributed by atoms with van der Waals surface area (Å²) in [5.41, 5.74) is -0.0737. The van der Waals surface area contributed by atoms with Crippen LogP contribution in [-0.2, 0) is 12.7 Å². The zero-order valence-corrected chi connectivity index (χ0v) is 20.1. The minimum absolute atomic E-state index is 0.0944. The van der Waals surface area contributed by atoms with E-state index in [0.29, 0.717) is 29.7 Å². The largest absolute Gasteiger partial charge is 0.417 e. The van der Waals surface area contributed by atoms with Crippen LogP contribution in [-0.4, -0.2) is 45.5 Å². The number of alkyl halides is 3. The van der Waals surface area contributed by atoms with E-state index in [1.54, 1.807) is 18.5 Å². The average Bonchev–Trinajstić information content (AvgIpc) is 2.98. The molecule has 0 amide bonds. The third-order valence-corrected chi connectivity index (χ3v) is 8.05. The molecule has 6 nitrogen and oxygen atoms in total. The van der Waals surface area contributed by atoms with Crippen molar-refractivity contribution >= 4 is 40.1 Å². The summed E-state index contributed by atoms with van der Waals surface area (Å²) < 4.78 is 43.5. The molecule has 0 bridgehead atoms. The van der Waals surface area contributed by atoms with Gasteiger partial charge in [0, 0.05) is 61.2 Å². The molecule has 0 unspecified atom stereocenters. The molecule has 1 fully saturated rings. The summed E-state index contributed by atoms with van der Waals surface area (Å²) in [4.78, 5) is 24.0. The number of pyridine rings is 1. The van der Waals surface area contributed by atoms with Gasteiger partial charge in [-0.15, -0.1) is 11.8 Å². The summed E-state index contributed by atoms with van der Waals surface area (Å²) in [6.07, 6.45) is -1.26. The van der Waals surface area contributed by atoms with Crippen molar-refractivity contribution in [2.45, 2.75) is 49.5 Å². The lowest BCUT2D eigenvalue weighted by molar-refractivity contribution is -0.137. The zero-order chi connectivity index (χ0) is 24.2. The summed E-state index contributed by atoms with van der Waals surface area (Å²) in [5, 5.41) is 3.33. The zero-order valence-electron chi connectivity index (χ0n) is 18.6. The molecule has 11 heteroatoms. The first-order chi connectivity index (χ1) is 16.1. The number of halogens is 4. The van der Waals surface area contributed by atoms with Gasteiger partial charge in [0.15, 0.2) is 0 Å². The van der Waals surface area contributed by atoms with Crippen molar-refractivity contribution in [3.05, 3.63) is 57.2 Å². The van der Waals surface area contributed by atoms with E-state index in [9.17, 15) is 18.0 Å². The van der Waals surface area contributed by atoms with Gasteiger partial charge >= 0.3 is 11.9 Å². The maximum Gasteiger partial charge on any atom is 0.417 e. The normalized spacial score (nSPS) is 23.2. The van der Waals surface area contributed by atoms with Crippen molar-refractivity contribution in [3.63, 3.8) is 0 Å². The van der Waals surface area contributed by atoms with Crippen LogP contribution in [0.1, 0.15) is 30.9 Å². The van der Waals surface area contributed by atoms with E-state index in [0.717, 1.165) is 11.6 Å². The maximum atomic E-state index is 14.0. The van der Waals surface area contributed by atoms with Crippen molar-refractivity contribution in [2.75, 3.05) is 23.7 Å². The minimum Gasteiger partial charge on any atom is -0.353 e. The van der Waals surface area contributed by atoms with Crippen LogP contribution in [0.3, 0.4) is 0 Å². The van der Waals surface area contributed by atoms with Gasteiger partial charge in [-0.3, -0.25) is 9.55 Å². The van der Waals surface area contributed by atoms with E-state index < -0.39 is 17.4 Å². The molecule has 180 valence electrons. The Morgan fingerprint density at radius 1 is 1.21 bits per heavy atom. The summed E-state index contributed by atoms with van der Waals surface area (Å²) in [6.45, 7) is 5.34. The second kappa shape index (κ2) is 8.73. The topological polar surface area (TPSA) is 63.1 Å². The van der Waals surface area contributed by atoms with Crippen LogP contribution in [0.25, 0.3) is 10.9 Å². The number of nitrogens with zero attached hydrogens (tertiary/aromatic N) is 4. The van der Waals surface area contributed by atoms with Gasteiger partial charge in [0.1, 0.15) is 5.82 Å². The Kier molecular flexibility index (Phi) is 6.02. The average molecular weight is 510 g/mol. The summed E-state index contributed by atoms with van der Waals surface area (Å²) in [7, 11) is 0. The number of benzene rings is 1. The van der Waals surface area contributed by atoms with Crippen LogP contribution >= 0.6 is 23.4 Å². The van der Waals surface area contributed by atoms with Gasteiger partial charge in [-0.05, 0) is 31.5 Å². The van der Waals surface area contributed by atoms with Gasteiger partial charge in [0.25, 0.3) is 0 Å². The standard InChI is InChI=1S/C23H23ClF3N5OS/c1-12-8-31(9-13(2)29-12)21-16-6-17(23(25,26)27)18(24)20-19(16)32(22(33)30-21)10-15(11-34-20)14-4-3-5-28-7-14/h3-7,12-13,15,29H,8-11H2,1-2H3/t12-,13+,15-/m0/s1. The fourth-order valence-corrected chi connectivity index (χ4v) is 6.57. The Labute approximate surface area is 203 Å². The van der Waals surface area contributed by atoms with E-state index in [1.165, 1.54) is 16.3 Å². The van der Waals surface area contributed by atoms with Crippen molar-refractivity contribution in [1.82, 2.24) is 19.9 Å². The lowest BCUT2D eigenvalue weighted by atomic mass is 10.0. The van der Waals surface area contributed by atoms with E-state index >= 15 is 0 Å². The van der Waals surface area contributed by atoms with Crippen LogP contribution in [0, 0.1) is 0 Å². The van der Waals surface area contributed by atoms with Gasteiger partial charge in [-0.2, -0.15) is 18.2 Å². The fraction of sp³-hybridized carbons (Fsp3) is 0.435. The van der Waals surface area contributed by atoms with Crippen LogP contribution in [0.2, 0.25) is 5.02 Å². The highest BCUT2D eigenvalue weighted by Crippen LogP contribution is 2.47. The van der Waals surface area contributed by atoms with Gasteiger partial charge in [-0.1, -0.05) is 17.7 Å². The first-order valence-corrected chi connectivity index (χ1v) is 12.4. The monoisotopic (exact) mass is 509 g/mol. The molecule has 2 aliphatic heterocycles. The van der Waals surface area contributed by atoms with Crippen LogP contribution in [0.15, 0.2) is 40.3 Å². The highest BCUT2D eigenvalue weighted by Gasteiger charge is 2.38.